The lowest BCUT2D eigenvalue weighted by Crippen LogP contribution is -2.27. The van der Waals surface area contributed by atoms with Gasteiger partial charge in [-0.1, -0.05) is 35.3 Å². The van der Waals surface area contributed by atoms with E-state index in [9.17, 15) is 24.5 Å². The van der Waals surface area contributed by atoms with E-state index >= 15 is 0 Å². The Bertz CT molecular complexity index is 1380. The largest absolute Gasteiger partial charge is 0.388 e. The van der Waals surface area contributed by atoms with Crippen LogP contribution in [-0.2, 0) is 10.8 Å². The second-order valence-corrected chi connectivity index (χ2v) is 7.97. The van der Waals surface area contributed by atoms with Crippen LogP contribution < -0.4 is 11.1 Å². The molecule has 7 N–H and O–H groups in total. The predicted octanol–water partition coefficient (Wildman–Crippen LogP) is 2.47. The molecule has 0 aliphatic carbocycles. The molecule has 0 radical (unpaired) electrons. The lowest BCUT2D eigenvalue weighted by molar-refractivity contribution is -0.329. The monoisotopic (exact) mass is 523 g/mol. The second-order valence-electron chi connectivity index (χ2n) is 7.15. The van der Waals surface area contributed by atoms with Crippen LogP contribution in [0.1, 0.15) is 17.5 Å². The number of nitrogen functional groups attached to an aromatic ring is 1. The zero-order valence-corrected chi connectivity index (χ0v) is 19.5. The topological polar surface area (TPSA) is 166 Å². The highest BCUT2D eigenvalue weighted by atomic mass is 35.5. The first-order chi connectivity index (χ1) is 16.5. The molecule has 0 saturated heterocycles. The van der Waals surface area contributed by atoms with E-state index in [-0.39, 0.29) is 27.7 Å². The Balaban J connectivity index is 0.000000261. The van der Waals surface area contributed by atoms with Gasteiger partial charge in [0, 0.05) is 23.3 Å². The van der Waals surface area contributed by atoms with Gasteiger partial charge >= 0.3 is 5.97 Å². The van der Waals surface area contributed by atoms with Crippen molar-refractivity contribution in [2.75, 3.05) is 18.1 Å². The van der Waals surface area contributed by atoms with E-state index in [0.717, 1.165) is 10.6 Å². The summed E-state index contributed by atoms with van der Waals surface area (Å²) in [6.45, 7) is 0. The quantitative estimate of drug-likeness (QED) is 0.170. The van der Waals surface area contributed by atoms with Crippen molar-refractivity contribution in [1.82, 2.24) is 14.4 Å². The van der Waals surface area contributed by atoms with Crippen LogP contribution in [0.3, 0.4) is 0 Å². The molecule has 0 aliphatic rings. The molecule has 1 atom stereocenters. The molecule has 0 aliphatic heterocycles. The molecular weight excluding hydrogens is 504 g/mol. The molecule has 1 unspecified atom stereocenters. The maximum Gasteiger partial charge on any atom is 0.339 e. The van der Waals surface area contributed by atoms with Gasteiger partial charge in [-0.25, -0.2) is 14.4 Å². The molecule has 13 heteroatoms. The first kappa shape index (κ1) is 26.3. The normalized spacial score (nSPS) is 12.1. The minimum atomic E-state index is -3.31. The number of benzene rings is 2. The first-order valence-electron chi connectivity index (χ1n) is 9.84. The number of aliphatic hydroxyl groups excluding tert-OH is 1. The van der Waals surface area contributed by atoms with Crippen LogP contribution >= 0.6 is 23.2 Å². The van der Waals surface area contributed by atoms with E-state index in [1.54, 1.807) is 37.4 Å². The number of hydrogen-bond donors (Lipinski definition) is 6. The molecule has 35 heavy (non-hydrogen) atoms. The molecule has 2 aromatic carbocycles. The number of rotatable bonds is 5. The van der Waals surface area contributed by atoms with E-state index in [4.69, 9.17) is 34.0 Å². The molecule has 184 valence electrons. The molecule has 10 nitrogen and oxygen atoms in total. The Labute approximate surface area is 208 Å². The van der Waals surface area contributed by atoms with E-state index < -0.39 is 23.7 Å². The third-order valence-electron chi connectivity index (χ3n) is 4.78. The number of nitrogens with two attached hydrogens (primary N) is 1. The highest BCUT2D eigenvalue weighted by molar-refractivity contribution is 6.30. The fraction of sp³-hybridized carbons (Fsp3) is 0.136. The van der Waals surface area contributed by atoms with Gasteiger partial charge < -0.3 is 36.3 Å². The summed E-state index contributed by atoms with van der Waals surface area (Å²) >= 11 is 11.6. The van der Waals surface area contributed by atoms with E-state index in [1.807, 2.05) is 0 Å². The maximum atomic E-state index is 14.4. The summed E-state index contributed by atoms with van der Waals surface area (Å²) in [7, 11) is 1.64. The van der Waals surface area contributed by atoms with E-state index in [1.165, 1.54) is 12.1 Å². The van der Waals surface area contributed by atoms with Gasteiger partial charge in [-0.3, -0.25) is 4.40 Å². The molecule has 0 spiro atoms. The molecule has 4 rings (SSSR count). The third kappa shape index (κ3) is 5.68. The van der Waals surface area contributed by atoms with Crippen molar-refractivity contribution in [3.05, 3.63) is 76.0 Å². The second kappa shape index (κ2) is 10.5. The number of anilines is 2. The summed E-state index contributed by atoms with van der Waals surface area (Å²) in [6.07, 6.45) is 0.546. The summed E-state index contributed by atoms with van der Waals surface area (Å²) in [5.74, 6) is -4.65. The number of aliphatic hydroxyl groups is 4. The molecule has 2 aromatic heterocycles. The minimum Gasteiger partial charge on any atom is -0.388 e. The number of aromatic nitrogens is 3. The number of nitrogens with one attached hydrogen (secondary N) is 1. The number of imidazole rings is 1. The van der Waals surface area contributed by atoms with Crippen LogP contribution in [0.25, 0.3) is 16.8 Å². The molecular formula is C22H20Cl2FN5O5. The van der Waals surface area contributed by atoms with Gasteiger partial charge in [0.1, 0.15) is 34.1 Å². The Morgan fingerprint density at radius 1 is 1.20 bits per heavy atom. The SMILES string of the molecule is CNc1ccc(-c2nc(C(O)(O)O)n3c(Cl)cnc(N)c23)c(F)c1.O=CC(O)c1cccc(Cl)c1. The van der Waals surface area contributed by atoms with Crippen LogP contribution in [0.2, 0.25) is 10.2 Å². The fourth-order valence-corrected chi connectivity index (χ4v) is 3.56. The van der Waals surface area contributed by atoms with Crippen LogP contribution in [0.4, 0.5) is 15.9 Å². The summed E-state index contributed by atoms with van der Waals surface area (Å²) < 4.78 is 15.4. The lowest BCUT2D eigenvalue weighted by atomic mass is 10.1. The van der Waals surface area contributed by atoms with Crippen LogP contribution in [0.15, 0.2) is 48.7 Å². The number of halogens is 3. The standard InChI is InChI=1S/C14H13ClFN5O3.C8H7ClO2/c1-18-6-2-3-7(8(16)4-6)10-11-12(17)19-5-9(15)21(11)13(20-10)14(22,23)24;9-7-3-1-2-6(4-7)8(11)5-10/h2-5,18,22-24H,1H3,(H2,17,19);1-5,8,11H. The van der Waals surface area contributed by atoms with Gasteiger partial charge in [0.05, 0.1) is 6.20 Å². The molecule has 0 bridgehead atoms. The van der Waals surface area contributed by atoms with E-state index in [0.29, 0.717) is 22.6 Å². The predicted molar refractivity (Wildman–Crippen MR) is 128 cm³/mol. The van der Waals surface area contributed by atoms with Gasteiger partial charge in [-0.2, -0.15) is 0 Å². The average molecular weight is 524 g/mol. The lowest BCUT2D eigenvalue weighted by Gasteiger charge is -2.13. The van der Waals surface area contributed by atoms with Crippen LogP contribution in [-0.4, -0.2) is 48.1 Å². The number of fused-ring (bicyclic) bond motifs is 1. The number of hydrogen-bond acceptors (Lipinski definition) is 9. The van der Waals surface area contributed by atoms with Gasteiger partial charge in [0.2, 0.25) is 5.82 Å². The van der Waals surface area contributed by atoms with Crippen molar-refractivity contribution in [3.8, 4) is 11.3 Å². The smallest absolute Gasteiger partial charge is 0.339 e. The molecule has 4 aromatic rings. The van der Waals surface area contributed by atoms with Crippen molar-refractivity contribution in [2.24, 2.45) is 0 Å². The number of carbonyl (C=O) groups excluding carboxylic acids is 1. The highest BCUT2D eigenvalue weighted by Gasteiger charge is 2.32. The van der Waals surface area contributed by atoms with Gasteiger partial charge in [0.15, 0.2) is 6.29 Å². The summed E-state index contributed by atoms with van der Waals surface area (Å²) in [6, 6.07) is 10.8. The van der Waals surface area contributed by atoms with Crippen LogP contribution in [0, 0.1) is 5.82 Å². The summed E-state index contributed by atoms with van der Waals surface area (Å²) in [4.78, 5) is 17.9. The molecule has 0 saturated carbocycles. The zero-order chi connectivity index (χ0) is 25.9. The number of aldehydes is 1. The van der Waals surface area contributed by atoms with Gasteiger partial charge in [0.25, 0.3) is 0 Å². The Morgan fingerprint density at radius 2 is 1.91 bits per heavy atom. The van der Waals surface area contributed by atoms with E-state index in [2.05, 4.69) is 15.3 Å². The Hall–Kier alpha value is -3.32. The fourth-order valence-electron chi connectivity index (χ4n) is 3.15. The first-order valence-corrected chi connectivity index (χ1v) is 10.6. The van der Waals surface area contributed by atoms with Crippen LogP contribution in [0.5, 0.6) is 0 Å². The number of carbonyl (C=O) groups is 1. The highest BCUT2D eigenvalue weighted by Crippen LogP contribution is 2.34. The minimum absolute atomic E-state index is 0.0257. The summed E-state index contributed by atoms with van der Waals surface area (Å²) in [5.41, 5.74) is 6.89. The Morgan fingerprint density at radius 3 is 2.49 bits per heavy atom. The third-order valence-corrected chi connectivity index (χ3v) is 5.28. The van der Waals surface area contributed by atoms with Crippen molar-refractivity contribution in [1.29, 1.82) is 0 Å². The summed E-state index contributed by atoms with van der Waals surface area (Å²) in [5, 5.41) is 40.8. The average Bonchev–Trinajstić information content (AvgIpc) is 3.23. The van der Waals surface area contributed by atoms with Gasteiger partial charge in [-0.05, 0) is 35.9 Å². The maximum absolute atomic E-state index is 14.4. The molecule has 0 fully saturated rings. The van der Waals surface area contributed by atoms with Crippen molar-refractivity contribution >= 4 is 46.5 Å². The molecule has 0 amide bonds. The zero-order valence-electron chi connectivity index (χ0n) is 18.0. The van der Waals surface area contributed by atoms with Crippen molar-refractivity contribution in [2.45, 2.75) is 12.1 Å². The number of nitrogens with zero attached hydrogens (tertiary/aromatic N) is 3. The molecule has 2 heterocycles. The Kier molecular flexibility index (Phi) is 7.90. The van der Waals surface area contributed by atoms with Gasteiger partial charge in [-0.15, -0.1) is 0 Å². The van der Waals surface area contributed by atoms with Crippen molar-refractivity contribution in [3.63, 3.8) is 0 Å². The van der Waals surface area contributed by atoms with Crippen molar-refractivity contribution < 1.29 is 29.6 Å².